The number of carboxylic acid groups (broad SMARTS) is 1. The van der Waals surface area contributed by atoms with Gasteiger partial charge in [0.2, 0.25) is 0 Å². The lowest BCUT2D eigenvalue weighted by molar-refractivity contribution is -0.152. The van der Waals surface area contributed by atoms with E-state index in [1.807, 2.05) is 4.90 Å². The van der Waals surface area contributed by atoms with Crippen LogP contribution >= 0.6 is 0 Å². The van der Waals surface area contributed by atoms with Crippen LogP contribution in [0.3, 0.4) is 0 Å². The average Bonchev–Trinajstić information content (AvgIpc) is 2.96. The Morgan fingerprint density at radius 3 is 2.30 bits per heavy atom. The minimum absolute atomic E-state index is 0.206. The van der Waals surface area contributed by atoms with Gasteiger partial charge in [0.15, 0.2) is 0 Å². The highest BCUT2D eigenvalue weighted by molar-refractivity contribution is 5.79. The van der Waals surface area contributed by atoms with E-state index in [0.29, 0.717) is 39.0 Å². The van der Waals surface area contributed by atoms with Gasteiger partial charge in [0.05, 0.1) is 0 Å². The van der Waals surface area contributed by atoms with Crippen molar-refractivity contribution in [2.24, 2.45) is 0 Å². The van der Waals surface area contributed by atoms with E-state index in [2.05, 4.69) is 6.58 Å². The van der Waals surface area contributed by atoms with Crippen molar-refractivity contribution in [1.82, 2.24) is 9.80 Å². The van der Waals surface area contributed by atoms with Crippen molar-refractivity contribution in [1.29, 1.82) is 0 Å². The highest BCUT2D eigenvalue weighted by Gasteiger charge is 2.47. The summed E-state index contributed by atoms with van der Waals surface area (Å²) in [5.41, 5.74) is -0.711. The van der Waals surface area contributed by atoms with Crippen molar-refractivity contribution in [2.75, 3.05) is 32.8 Å². The number of piperazine rings is 1. The number of carboxylic acids is 1. The molecule has 0 bridgehead atoms. The van der Waals surface area contributed by atoms with Crippen LogP contribution in [0, 0.1) is 0 Å². The van der Waals surface area contributed by atoms with Crippen LogP contribution in [0.2, 0.25) is 0 Å². The lowest BCUT2D eigenvalue weighted by Gasteiger charge is -2.43. The second-order valence-corrected chi connectivity index (χ2v) is 5.38. The molecule has 0 aromatic rings. The topological polar surface area (TPSA) is 70.1 Å². The molecule has 0 spiro atoms. The fourth-order valence-corrected chi connectivity index (χ4v) is 3.16. The van der Waals surface area contributed by atoms with Gasteiger partial charge in [0, 0.05) is 26.2 Å². The molecule has 0 aromatic heterocycles. The maximum Gasteiger partial charge on any atom is 0.410 e. The van der Waals surface area contributed by atoms with E-state index in [9.17, 15) is 14.7 Å². The van der Waals surface area contributed by atoms with Crippen LogP contribution in [0.5, 0.6) is 0 Å². The molecule has 2 rings (SSSR count). The summed E-state index contributed by atoms with van der Waals surface area (Å²) in [6.45, 7) is 5.93. The molecule has 2 aliphatic rings. The summed E-state index contributed by atoms with van der Waals surface area (Å²) in [5.74, 6) is -0.724. The number of rotatable bonds is 4. The van der Waals surface area contributed by atoms with E-state index in [4.69, 9.17) is 4.74 Å². The van der Waals surface area contributed by atoms with Crippen LogP contribution < -0.4 is 0 Å². The van der Waals surface area contributed by atoms with Gasteiger partial charge in [0.25, 0.3) is 0 Å². The van der Waals surface area contributed by atoms with Gasteiger partial charge in [-0.3, -0.25) is 9.69 Å². The zero-order valence-corrected chi connectivity index (χ0v) is 11.7. The predicted octanol–water partition coefficient (Wildman–Crippen LogP) is 1.32. The quantitative estimate of drug-likeness (QED) is 0.788. The summed E-state index contributed by atoms with van der Waals surface area (Å²) in [6.07, 6.45) is 4.54. The Bertz CT molecular complexity index is 383. The molecule has 1 aliphatic heterocycles. The number of nitrogens with zero attached hydrogens (tertiary/aromatic N) is 2. The summed E-state index contributed by atoms with van der Waals surface area (Å²) in [5, 5.41) is 9.55. The summed E-state index contributed by atoms with van der Waals surface area (Å²) < 4.78 is 5.00. The number of aliphatic carboxylic acids is 1. The Balaban J connectivity index is 1.92. The number of hydrogen-bond donors (Lipinski definition) is 1. The Kier molecular flexibility index (Phi) is 4.65. The van der Waals surface area contributed by atoms with Gasteiger partial charge >= 0.3 is 12.1 Å². The van der Waals surface area contributed by atoms with Crippen molar-refractivity contribution >= 4 is 12.1 Å². The highest BCUT2D eigenvalue weighted by atomic mass is 16.6. The van der Waals surface area contributed by atoms with Crippen molar-refractivity contribution in [2.45, 2.75) is 31.2 Å². The number of carbonyl (C=O) groups is 2. The van der Waals surface area contributed by atoms with E-state index < -0.39 is 11.5 Å². The molecule has 1 saturated heterocycles. The lowest BCUT2D eigenvalue weighted by Crippen LogP contribution is -2.60. The number of ether oxygens (including phenoxy) is 1. The third kappa shape index (κ3) is 2.80. The van der Waals surface area contributed by atoms with Gasteiger partial charge in [0.1, 0.15) is 12.1 Å². The Morgan fingerprint density at radius 1 is 1.20 bits per heavy atom. The predicted molar refractivity (Wildman–Crippen MR) is 73.5 cm³/mol. The molecule has 1 amide bonds. The van der Waals surface area contributed by atoms with Crippen LogP contribution in [0.1, 0.15) is 25.7 Å². The van der Waals surface area contributed by atoms with E-state index in [0.717, 1.165) is 12.8 Å². The SMILES string of the molecule is C=CCOC(=O)N1CCN(C2(C(=O)O)CCCC2)CC1. The Morgan fingerprint density at radius 2 is 1.80 bits per heavy atom. The molecule has 1 saturated carbocycles. The summed E-state index contributed by atoms with van der Waals surface area (Å²) in [4.78, 5) is 27.0. The van der Waals surface area contributed by atoms with Crippen LogP contribution in [0.15, 0.2) is 12.7 Å². The lowest BCUT2D eigenvalue weighted by atomic mass is 9.94. The van der Waals surface area contributed by atoms with Gasteiger partial charge < -0.3 is 14.7 Å². The Hall–Kier alpha value is -1.56. The third-order valence-electron chi connectivity index (χ3n) is 4.30. The molecule has 0 unspecified atom stereocenters. The van der Waals surface area contributed by atoms with Gasteiger partial charge in [-0.2, -0.15) is 0 Å². The third-order valence-corrected chi connectivity index (χ3v) is 4.30. The van der Waals surface area contributed by atoms with E-state index >= 15 is 0 Å². The van der Waals surface area contributed by atoms with Crippen LogP contribution in [-0.2, 0) is 9.53 Å². The molecule has 1 heterocycles. The van der Waals surface area contributed by atoms with Crippen LogP contribution in [-0.4, -0.2) is 65.3 Å². The molecule has 20 heavy (non-hydrogen) atoms. The fraction of sp³-hybridized carbons (Fsp3) is 0.714. The first kappa shape index (κ1) is 14.8. The number of hydrogen-bond acceptors (Lipinski definition) is 4. The molecule has 6 heteroatoms. The van der Waals surface area contributed by atoms with Crippen molar-refractivity contribution < 1.29 is 19.4 Å². The average molecular weight is 282 g/mol. The maximum absolute atomic E-state index is 11.7. The minimum atomic E-state index is -0.724. The molecule has 112 valence electrons. The van der Waals surface area contributed by atoms with Gasteiger partial charge in [-0.05, 0) is 12.8 Å². The first-order chi connectivity index (χ1) is 9.60. The van der Waals surface area contributed by atoms with Crippen LogP contribution in [0.25, 0.3) is 0 Å². The number of amides is 1. The molecule has 0 radical (unpaired) electrons. The fourth-order valence-electron chi connectivity index (χ4n) is 3.16. The molecule has 0 aromatic carbocycles. The number of carbonyl (C=O) groups excluding carboxylic acids is 1. The molecule has 1 aliphatic carbocycles. The van der Waals surface area contributed by atoms with Crippen molar-refractivity contribution in [3.8, 4) is 0 Å². The molecule has 6 nitrogen and oxygen atoms in total. The van der Waals surface area contributed by atoms with E-state index in [1.54, 1.807) is 4.90 Å². The van der Waals surface area contributed by atoms with Crippen LogP contribution in [0.4, 0.5) is 4.79 Å². The standard InChI is InChI=1S/C14H22N2O4/c1-2-11-20-13(19)15-7-9-16(10-8-15)14(12(17)18)5-3-4-6-14/h2H,1,3-11H2,(H,17,18). The largest absolute Gasteiger partial charge is 0.480 e. The summed E-state index contributed by atoms with van der Waals surface area (Å²) in [7, 11) is 0. The minimum Gasteiger partial charge on any atom is -0.480 e. The molecule has 0 atom stereocenters. The molecule has 2 fully saturated rings. The van der Waals surface area contributed by atoms with Gasteiger partial charge in [-0.15, -0.1) is 0 Å². The molecule has 1 N–H and O–H groups in total. The first-order valence-electron chi connectivity index (χ1n) is 7.11. The molecular formula is C14H22N2O4. The summed E-state index contributed by atoms with van der Waals surface area (Å²) in [6, 6.07) is 0. The van der Waals surface area contributed by atoms with Gasteiger partial charge in [-0.1, -0.05) is 25.5 Å². The second-order valence-electron chi connectivity index (χ2n) is 5.38. The van der Waals surface area contributed by atoms with Crippen molar-refractivity contribution in [3.63, 3.8) is 0 Å². The normalized spacial score (nSPS) is 22.5. The zero-order chi connectivity index (χ0) is 14.6. The summed E-state index contributed by atoms with van der Waals surface area (Å²) >= 11 is 0. The highest BCUT2D eigenvalue weighted by Crippen LogP contribution is 2.36. The van der Waals surface area contributed by atoms with Gasteiger partial charge in [-0.25, -0.2) is 4.79 Å². The van der Waals surface area contributed by atoms with E-state index in [1.165, 1.54) is 6.08 Å². The smallest absolute Gasteiger partial charge is 0.410 e. The Labute approximate surface area is 119 Å². The maximum atomic E-state index is 11.7. The molecular weight excluding hydrogens is 260 g/mol. The van der Waals surface area contributed by atoms with E-state index in [-0.39, 0.29) is 12.7 Å². The second kappa shape index (κ2) is 6.26. The first-order valence-corrected chi connectivity index (χ1v) is 7.11. The monoisotopic (exact) mass is 282 g/mol. The zero-order valence-electron chi connectivity index (χ0n) is 11.7. The van der Waals surface area contributed by atoms with Crippen molar-refractivity contribution in [3.05, 3.63) is 12.7 Å².